The van der Waals surface area contributed by atoms with Crippen LogP contribution in [-0.4, -0.2) is 36.9 Å². The third-order valence-electron chi connectivity index (χ3n) is 5.04. The monoisotopic (exact) mass is 386 g/mol. The molecular weight excluding hydrogens is 364 g/mol. The molecule has 0 aromatic heterocycles. The highest BCUT2D eigenvalue weighted by Crippen LogP contribution is 2.29. The van der Waals surface area contributed by atoms with Crippen LogP contribution in [0, 0.1) is 0 Å². The predicted octanol–water partition coefficient (Wildman–Crippen LogP) is 3.92. The van der Waals surface area contributed by atoms with E-state index in [-0.39, 0.29) is 11.8 Å². The first-order chi connectivity index (χ1) is 14.1. The number of carbonyl (C=O) groups is 2. The molecule has 0 saturated heterocycles. The van der Waals surface area contributed by atoms with Crippen molar-refractivity contribution >= 4 is 17.5 Å². The number of fused-ring (bicyclic) bond motifs is 1. The fraction of sp³-hybridized carbons (Fsp3) is 0.167. The number of nitrogens with zero attached hydrogens (tertiary/aromatic N) is 1. The number of hydrogen-bond donors (Lipinski definition) is 1. The Kier molecular flexibility index (Phi) is 5.29. The lowest BCUT2D eigenvalue weighted by Crippen LogP contribution is -2.28. The highest BCUT2D eigenvalue weighted by molar-refractivity contribution is 6.01. The Bertz CT molecular complexity index is 979. The van der Waals surface area contributed by atoms with Crippen LogP contribution in [0.25, 0.3) is 0 Å². The van der Waals surface area contributed by atoms with Gasteiger partial charge in [-0.05, 0) is 29.3 Å². The molecule has 1 N–H and O–H groups in total. The smallest absolute Gasteiger partial charge is 0.257 e. The molecule has 5 nitrogen and oxygen atoms in total. The molecular formula is C24H22N2O3. The van der Waals surface area contributed by atoms with E-state index in [2.05, 4.69) is 5.32 Å². The van der Waals surface area contributed by atoms with Crippen molar-refractivity contribution in [2.45, 2.75) is 5.92 Å². The molecule has 0 spiro atoms. The number of carbonyl (C=O) groups excluding carboxylic acids is 2. The maximum Gasteiger partial charge on any atom is 0.257 e. The second kappa shape index (κ2) is 8.19. The second-order valence-electron chi connectivity index (χ2n) is 7.03. The van der Waals surface area contributed by atoms with E-state index in [0.29, 0.717) is 30.2 Å². The van der Waals surface area contributed by atoms with Crippen LogP contribution in [0.1, 0.15) is 27.4 Å². The maximum atomic E-state index is 13.3. The van der Waals surface area contributed by atoms with Crippen molar-refractivity contribution in [3.63, 3.8) is 0 Å². The van der Waals surface area contributed by atoms with E-state index in [4.69, 9.17) is 4.74 Å². The molecule has 2 amide bonds. The molecule has 3 aromatic rings. The summed E-state index contributed by atoms with van der Waals surface area (Å²) in [5, 5.41) is 2.98. The summed E-state index contributed by atoms with van der Waals surface area (Å²) in [6.07, 6.45) is 0. The van der Waals surface area contributed by atoms with Gasteiger partial charge in [0, 0.05) is 12.7 Å². The van der Waals surface area contributed by atoms with Gasteiger partial charge in [0.05, 0.1) is 18.0 Å². The Morgan fingerprint density at radius 2 is 1.59 bits per heavy atom. The summed E-state index contributed by atoms with van der Waals surface area (Å²) in [4.78, 5) is 27.5. The standard InChI is InChI=1S/C24H22N2O3/c1-26-14-15-29-21-13-12-19(16-20(21)24(26)28)25-23(27)22(17-8-4-2-5-9-17)18-10-6-3-7-11-18/h2-13,16,22H,14-15H2,1H3,(H,25,27). The molecule has 0 saturated carbocycles. The number of ether oxygens (including phenoxy) is 1. The van der Waals surface area contributed by atoms with Gasteiger partial charge in [-0.1, -0.05) is 60.7 Å². The highest BCUT2D eigenvalue weighted by atomic mass is 16.5. The quantitative estimate of drug-likeness (QED) is 0.739. The van der Waals surface area contributed by atoms with Crippen molar-refractivity contribution in [1.82, 2.24) is 4.90 Å². The summed E-state index contributed by atoms with van der Waals surface area (Å²) >= 11 is 0. The Labute approximate surface area is 169 Å². The minimum atomic E-state index is -0.453. The highest BCUT2D eigenvalue weighted by Gasteiger charge is 2.25. The van der Waals surface area contributed by atoms with E-state index in [1.807, 2.05) is 60.7 Å². The van der Waals surface area contributed by atoms with Gasteiger partial charge in [0.2, 0.25) is 5.91 Å². The van der Waals surface area contributed by atoms with E-state index in [1.54, 1.807) is 30.1 Å². The number of amides is 2. The molecule has 146 valence electrons. The SMILES string of the molecule is CN1CCOc2ccc(NC(=O)C(c3ccccc3)c3ccccc3)cc2C1=O. The van der Waals surface area contributed by atoms with Gasteiger partial charge in [-0.15, -0.1) is 0 Å². The largest absolute Gasteiger partial charge is 0.491 e. The van der Waals surface area contributed by atoms with Gasteiger partial charge < -0.3 is 15.0 Å². The molecule has 0 bridgehead atoms. The molecule has 0 fully saturated rings. The first kappa shape index (κ1) is 18.7. The van der Waals surface area contributed by atoms with Crippen molar-refractivity contribution in [2.24, 2.45) is 0 Å². The number of benzene rings is 3. The molecule has 1 aliphatic heterocycles. The Morgan fingerprint density at radius 3 is 2.21 bits per heavy atom. The average molecular weight is 386 g/mol. The van der Waals surface area contributed by atoms with Gasteiger partial charge in [0.1, 0.15) is 12.4 Å². The first-order valence-electron chi connectivity index (χ1n) is 9.56. The maximum absolute atomic E-state index is 13.3. The van der Waals surface area contributed by atoms with E-state index < -0.39 is 5.92 Å². The first-order valence-corrected chi connectivity index (χ1v) is 9.56. The van der Waals surface area contributed by atoms with Crippen LogP contribution in [0.15, 0.2) is 78.9 Å². The van der Waals surface area contributed by atoms with Gasteiger partial charge in [0.25, 0.3) is 5.91 Å². The molecule has 0 aliphatic carbocycles. The Morgan fingerprint density at radius 1 is 0.966 bits per heavy atom. The van der Waals surface area contributed by atoms with E-state index in [1.165, 1.54) is 0 Å². The topological polar surface area (TPSA) is 58.6 Å². The summed E-state index contributed by atoms with van der Waals surface area (Å²) < 4.78 is 5.66. The molecule has 0 radical (unpaired) electrons. The van der Waals surface area contributed by atoms with Crippen LogP contribution in [-0.2, 0) is 4.79 Å². The van der Waals surface area contributed by atoms with Crippen LogP contribution in [0.2, 0.25) is 0 Å². The Balaban J connectivity index is 1.65. The van der Waals surface area contributed by atoms with Crippen molar-refractivity contribution in [3.05, 3.63) is 95.6 Å². The van der Waals surface area contributed by atoms with Gasteiger partial charge in [-0.2, -0.15) is 0 Å². The molecule has 4 rings (SSSR count). The zero-order chi connectivity index (χ0) is 20.2. The second-order valence-corrected chi connectivity index (χ2v) is 7.03. The van der Waals surface area contributed by atoms with Crippen LogP contribution < -0.4 is 10.1 Å². The van der Waals surface area contributed by atoms with Crippen molar-refractivity contribution < 1.29 is 14.3 Å². The van der Waals surface area contributed by atoms with Crippen LogP contribution in [0.3, 0.4) is 0 Å². The van der Waals surface area contributed by atoms with Crippen LogP contribution in [0.4, 0.5) is 5.69 Å². The van der Waals surface area contributed by atoms with Crippen molar-refractivity contribution in [1.29, 1.82) is 0 Å². The average Bonchev–Trinajstić information content (AvgIpc) is 2.88. The number of nitrogens with one attached hydrogen (secondary N) is 1. The summed E-state index contributed by atoms with van der Waals surface area (Å²) in [7, 11) is 1.74. The minimum absolute atomic E-state index is 0.115. The molecule has 0 unspecified atom stereocenters. The lowest BCUT2D eigenvalue weighted by atomic mass is 9.90. The molecule has 0 atom stereocenters. The van der Waals surface area contributed by atoms with E-state index in [9.17, 15) is 9.59 Å². The van der Waals surface area contributed by atoms with Gasteiger partial charge in [0.15, 0.2) is 0 Å². The molecule has 29 heavy (non-hydrogen) atoms. The summed E-state index contributed by atoms with van der Waals surface area (Å²) in [5.41, 5.74) is 2.84. The fourth-order valence-electron chi connectivity index (χ4n) is 3.50. The lowest BCUT2D eigenvalue weighted by molar-refractivity contribution is -0.116. The van der Waals surface area contributed by atoms with Crippen LogP contribution >= 0.6 is 0 Å². The number of anilines is 1. The molecule has 1 aliphatic rings. The van der Waals surface area contributed by atoms with E-state index >= 15 is 0 Å². The number of likely N-dealkylation sites (N-methyl/N-ethyl adjacent to an activating group) is 1. The van der Waals surface area contributed by atoms with Gasteiger partial charge >= 0.3 is 0 Å². The molecule has 1 heterocycles. The number of hydrogen-bond acceptors (Lipinski definition) is 3. The normalized spacial score (nSPS) is 13.4. The van der Waals surface area contributed by atoms with E-state index in [0.717, 1.165) is 11.1 Å². The third-order valence-corrected chi connectivity index (χ3v) is 5.04. The predicted molar refractivity (Wildman–Crippen MR) is 112 cm³/mol. The van der Waals surface area contributed by atoms with Crippen molar-refractivity contribution in [2.75, 3.05) is 25.5 Å². The van der Waals surface area contributed by atoms with Crippen molar-refractivity contribution in [3.8, 4) is 5.75 Å². The number of rotatable bonds is 4. The summed E-state index contributed by atoms with van der Waals surface area (Å²) in [6, 6.07) is 24.5. The van der Waals surface area contributed by atoms with Gasteiger partial charge in [-0.3, -0.25) is 9.59 Å². The lowest BCUT2D eigenvalue weighted by Gasteiger charge is -2.18. The zero-order valence-electron chi connectivity index (χ0n) is 16.2. The molecule has 5 heteroatoms. The zero-order valence-corrected chi connectivity index (χ0v) is 16.2. The Hall–Kier alpha value is -3.60. The minimum Gasteiger partial charge on any atom is -0.491 e. The molecule has 3 aromatic carbocycles. The fourth-order valence-corrected chi connectivity index (χ4v) is 3.50. The summed E-state index contributed by atoms with van der Waals surface area (Å²) in [5.74, 6) is -0.181. The van der Waals surface area contributed by atoms with Gasteiger partial charge in [-0.25, -0.2) is 0 Å². The third kappa shape index (κ3) is 3.99. The van der Waals surface area contributed by atoms with Crippen LogP contribution in [0.5, 0.6) is 5.75 Å². The summed E-state index contributed by atoms with van der Waals surface area (Å²) in [6.45, 7) is 0.977.